The molecule has 2 aliphatic rings. The van der Waals surface area contributed by atoms with Crippen molar-refractivity contribution in [1.29, 1.82) is 0 Å². The van der Waals surface area contributed by atoms with Crippen LogP contribution in [-0.4, -0.2) is 5.49 Å². The first-order chi connectivity index (χ1) is 8.67. The second kappa shape index (κ2) is 9.60. The smallest absolute Gasteiger partial charge is 0.147 e. The summed E-state index contributed by atoms with van der Waals surface area (Å²) in [6, 6.07) is 0. The third-order valence-electron chi connectivity index (χ3n) is 3.93. The molecule has 0 aromatic heterocycles. The van der Waals surface area contributed by atoms with Crippen LogP contribution in [0, 0.1) is 0 Å². The van der Waals surface area contributed by atoms with Crippen LogP contribution < -0.4 is 0 Å². The molecule has 0 amide bonds. The van der Waals surface area contributed by atoms with Crippen LogP contribution in [0.4, 0.5) is 0 Å². The van der Waals surface area contributed by atoms with Crippen molar-refractivity contribution in [1.82, 2.24) is 0 Å². The zero-order chi connectivity index (χ0) is 13.1. The minimum Gasteiger partial charge on any atom is -0.147 e. The molecule has 0 heterocycles. The van der Waals surface area contributed by atoms with E-state index < -0.39 is 20.1 Å². The van der Waals surface area contributed by atoms with Gasteiger partial charge in [-0.05, 0) is 0 Å². The second-order valence-electron chi connectivity index (χ2n) is 5.38. The molecule has 0 aromatic carbocycles. The molecule has 112 valence electrons. The fraction of sp³-hybridized carbons (Fsp3) is 0.500. The fourth-order valence-corrected chi connectivity index (χ4v) is 27.1. The molecule has 0 saturated heterocycles. The molecule has 0 aromatic rings. The Bertz CT molecular complexity index is 507. The van der Waals surface area contributed by atoms with E-state index in [0.29, 0.717) is 0 Å². The molecule has 0 nitrogen and oxygen atoms in total. The van der Waals surface area contributed by atoms with Crippen LogP contribution in [0.5, 0.6) is 0 Å². The van der Waals surface area contributed by atoms with Gasteiger partial charge in [0.2, 0.25) is 0 Å². The first-order valence-electron chi connectivity index (χ1n) is 7.12. The van der Waals surface area contributed by atoms with Crippen LogP contribution in [0.3, 0.4) is 0 Å². The van der Waals surface area contributed by atoms with E-state index in [1.165, 1.54) is 25.7 Å². The summed E-state index contributed by atoms with van der Waals surface area (Å²) in [6.07, 6.45) is 14.8. The molecule has 0 bridgehead atoms. The van der Waals surface area contributed by atoms with E-state index in [-0.39, 0.29) is 30.3 Å². The number of halogens is 2. The van der Waals surface area contributed by atoms with Crippen LogP contribution in [0.1, 0.15) is 39.5 Å². The van der Waals surface area contributed by atoms with Crippen molar-refractivity contribution in [2.24, 2.45) is 0 Å². The SMILES string of the molecule is CCC1=C(CC)C[C]([Hf]([C]2=CC=CC2)=[Si](C)C)=C1.Cl.Cl. The summed E-state index contributed by atoms with van der Waals surface area (Å²) < 4.78 is 3.79. The fourth-order valence-electron chi connectivity index (χ4n) is 3.05. The van der Waals surface area contributed by atoms with Crippen molar-refractivity contribution < 1.29 is 20.1 Å². The number of hydrogen-bond donors (Lipinski definition) is 0. The van der Waals surface area contributed by atoms with Gasteiger partial charge in [0.15, 0.2) is 0 Å². The van der Waals surface area contributed by atoms with Gasteiger partial charge in [0.05, 0.1) is 0 Å². The Hall–Kier alpha value is 0.627. The van der Waals surface area contributed by atoms with Gasteiger partial charge in [-0.15, -0.1) is 24.8 Å². The predicted molar refractivity (Wildman–Crippen MR) is 94.1 cm³/mol. The Morgan fingerprint density at radius 1 is 1.10 bits per heavy atom. The van der Waals surface area contributed by atoms with Crippen molar-refractivity contribution in [2.75, 3.05) is 0 Å². The van der Waals surface area contributed by atoms with E-state index in [2.05, 4.69) is 51.2 Å². The Kier molecular flexibility index (Phi) is 9.91. The maximum atomic E-state index is 2.62. The maximum absolute atomic E-state index is 2.62. The molecule has 4 heteroatoms. The second-order valence-corrected chi connectivity index (χ2v) is 29.6. The van der Waals surface area contributed by atoms with Crippen LogP contribution in [0.15, 0.2) is 42.1 Å². The number of hydrogen-bond acceptors (Lipinski definition) is 0. The average Bonchev–Trinajstić information content (AvgIpc) is 2.98. The van der Waals surface area contributed by atoms with Crippen molar-refractivity contribution in [3.05, 3.63) is 42.1 Å². The van der Waals surface area contributed by atoms with E-state index in [9.17, 15) is 0 Å². The van der Waals surface area contributed by atoms with Gasteiger partial charge < -0.3 is 0 Å². The molecule has 0 aliphatic heterocycles. The molecular weight excluding hydrogens is 470 g/mol. The van der Waals surface area contributed by atoms with Crippen molar-refractivity contribution in [3.63, 3.8) is 0 Å². The van der Waals surface area contributed by atoms with Crippen LogP contribution in [0.25, 0.3) is 0 Å². The normalized spacial score (nSPS) is 16.4. The van der Waals surface area contributed by atoms with E-state index in [1.54, 1.807) is 11.1 Å². The summed E-state index contributed by atoms with van der Waals surface area (Å²) in [5.74, 6) is 0. The molecule has 0 fully saturated rings. The third-order valence-corrected chi connectivity index (χ3v) is 28.1. The minimum absolute atomic E-state index is 0. The van der Waals surface area contributed by atoms with Gasteiger partial charge in [-0.2, -0.15) is 0 Å². The topological polar surface area (TPSA) is 0 Å². The number of rotatable bonds is 4. The standard InChI is InChI=1S/C9H13.C5H5.C2H6Si.2ClH.Hf/c1-3-8-6-5-7-9(8)4-2;1-2-4-5-3-1;1-3-2;;;/h6H,3-4,7H2,1-2H3;1-3H,4H2;1-2H3;2*1H;. The molecular formula is C16H26Cl2HfSi. The summed E-state index contributed by atoms with van der Waals surface area (Å²) in [7, 11) is 0. The Morgan fingerprint density at radius 3 is 2.20 bits per heavy atom. The molecule has 0 N–H and O–H groups in total. The summed E-state index contributed by atoms with van der Waals surface area (Å²) >= 11 is -1.63. The van der Waals surface area contributed by atoms with Gasteiger partial charge in [0.25, 0.3) is 0 Å². The van der Waals surface area contributed by atoms with Crippen molar-refractivity contribution in [2.45, 2.75) is 52.6 Å². The summed E-state index contributed by atoms with van der Waals surface area (Å²) in [5.41, 5.74) is 3.32. The molecule has 0 saturated carbocycles. The Morgan fingerprint density at radius 2 is 1.80 bits per heavy atom. The Labute approximate surface area is 144 Å². The van der Waals surface area contributed by atoms with Crippen LogP contribution in [0.2, 0.25) is 13.1 Å². The van der Waals surface area contributed by atoms with Gasteiger partial charge in [-0.3, -0.25) is 0 Å². The zero-order valence-corrected chi connectivity index (χ0v) is 19.2. The van der Waals surface area contributed by atoms with E-state index in [1.807, 2.05) is 6.66 Å². The molecule has 2 aliphatic carbocycles. The Balaban J connectivity index is 0.00000180. The van der Waals surface area contributed by atoms with Crippen LogP contribution in [-0.2, 0) is 20.1 Å². The minimum atomic E-state index is -1.63. The summed E-state index contributed by atoms with van der Waals surface area (Å²) in [4.78, 5) is 0. The van der Waals surface area contributed by atoms with Crippen molar-refractivity contribution in [3.8, 4) is 0 Å². The van der Waals surface area contributed by atoms with Crippen molar-refractivity contribution >= 4 is 30.3 Å². The zero-order valence-electron chi connectivity index (χ0n) is 13.0. The monoisotopic (exact) mass is 496 g/mol. The number of allylic oxidation sites excluding steroid dienone is 8. The van der Waals surface area contributed by atoms with Gasteiger partial charge in [0.1, 0.15) is 0 Å². The third kappa shape index (κ3) is 4.56. The van der Waals surface area contributed by atoms with E-state index in [0.717, 1.165) is 0 Å². The molecule has 2 rings (SSSR count). The van der Waals surface area contributed by atoms with Gasteiger partial charge in [-0.1, -0.05) is 0 Å². The molecule has 0 radical (unpaired) electrons. The van der Waals surface area contributed by atoms with Gasteiger partial charge in [0, 0.05) is 0 Å². The summed E-state index contributed by atoms with van der Waals surface area (Å²) in [6.45, 7) is 9.76. The largest absolute Gasteiger partial charge is 0.147 e. The van der Waals surface area contributed by atoms with Gasteiger partial charge in [-0.25, -0.2) is 0 Å². The average molecular weight is 496 g/mol. The first kappa shape index (κ1) is 20.6. The molecule has 0 atom stereocenters. The van der Waals surface area contributed by atoms with Crippen LogP contribution >= 0.6 is 24.8 Å². The quantitative estimate of drug-likeness (QED) is 0.423. The summed E-state index contributed by atoms with van der Waals surface area (Å²) in [5, 5.41) is 0. The predicted octanol–water partition coefficient (Wildman–Crippen LogP) is 5.95. The molecule has 20 heavy (non-hydrogen) atoms. The van der Waals surface area contributed by atoms with E-state index in [4.69, 9.17) is 0 Å². The van der Waals surface area contributed by atoms with E-state index >= 15 is 0 Å². The molecule has 0 spiro atoms. The van der Waals surface area contributed by atoms with Gasteiger partial charge >= 0.3 is 120 Å². The first-order valence-corrected chi connectivity index (χ1v) is 18.6. The molecule has 0 unspecified atom stereocenters. The maximum Gasteiger partial charge on any atom is -0.147 e.